The predicted molar refractivity (Wildman–Crippen MR) is 174 cm³/mol. The Kier molecular flexibility index (Phi) is 9.55. The number of aliphatic hydroxyl groups excluding tert-OH is 5. The Balaban J connectivity index is 1.78. The molecule has 0 aromatic heterocycles. The third-order valence-electron chi connectivity index (χ3n) is 9.14. The van der Waals surface area contributed by atoms with Crippen molar-refractivity contribution in [1.82, 2.24) is 8.88 Å². The van der Waals surface area contributed by atoms with Crippen molar-refractivity contribution >= 4 is 27.4 Å². The smallest absolute Gasteiger partial charge is 0.218 e. The summed E-state index contributed by atoms with van der Waals surface area (Å²) in [5.74, 6) is -0.340. The fraction of sp³-hybridized carbons (Fsp3) is 0.545. The number of fused-ring (bicyclic) bond motifs is 3. The first-order chi connectivity index (χ1) is 20.3. The van der Waals surface area contributed by atoms with Gasteiger partial charge in [-0.2, -0.15) is 0 Å². The molecule has 242 valence electrons. The SMILES string of the molecule is CC[N+]1=c2cc3c(cc2C(CS(=O)(=O)N(C)CC(O)C(O)C(O)C(O)CO)=CC1(C)C)=Cc1ccc(N(C)C)cc1C3(C)C. The first-order valence-corrected chi connectivity index (χ1v) is 16.6. The lowest BCUT2D eigenvalue weighted by Crippen LogP contribution is -2.51. The van der Waals surface area contributed by atoms with Crippen molar-refractivity contribution in [3.63, 3.8) is 0 Å². The van der Waals surface area contributed by atoms with Gasteiger partial charge < -0.3 is 30.4 Å². The zero-order valence-corrected chi connectivity index (χ0v) is 27.8. The Morgan fingerprint density at radius 3 is 2.14 bits per heavy atom. The van der Waals surface area contributed by atoms with E-state index in [4.69, 9.17) is 5.11 Å². The largest absolute Gasteiger partial charge is 0.394 e. The lowest BCUT2D eigenvalue weighted by atomic mass is 9.71. The van der Waals surface area contributed by atoms with E-state index in [9.17, 15) is 28.8 Å². The average molecular weight is 631 g/mol. The molecule has 2 aromatic carbocycles. The van der Waals surface area contributed by atoms with Gasteiger partial charge in [0.25, 0.3) is 0 Å². The van der Waals surface area contributed by atoms with Crippen molar-refractivity contribution in [2.24, 2.45) is 0 Å². The molecule has 1 aliphatic carbocycles. The summed E-state index contributed by atoms with van der Waals surface area (Å²) in [6.07, 6.45) is -2.93. The molecule has 5 N–H and O–H groups in total. The van der Waals surface area contributed by atoms with Crippen LogP contribution in [0.25, 0.3) is 11.6 Å². The maximum absolute atomic E-state index is 13.6. The molecule has 2 aromatic rings. The van der Waals surface area contributed by atoms with Crippen LogP contribution >= 0.6 is 0 Å². The van der Waals surface area contributed by atoms with Crippen LogP contribution in [0.15, 0.2) is 36.4 Å². The molecular weight excluding hydrogens is 582 g/mol. The molecule has 0 bridgehead atoms. The Morgan fingerprint density at radius 1 is 0.909 bits per heavy atom. The Labute approximate surface area is 260 Å². The summed E-state index contributed by atoms with van der Waals surface area (Å²) in [6, 6.07) is 10.7. The summed E-state index contributed by atoms with van der Waals surface area (Å²) in [5, 5.41) is 51.3. The third-order valence-corrected chi connectivity index (χ3v) is 10.9. The topological polar surface area (TPSA) is 145 Å². The van der Waals surface area contributed by atoms with Crippen molar-refractivity contribution in [3.8, 4) is 0 Å². The number of hydrogen-bond acceptors (Lipinski definition) is 8. The van der Waals surface area contributed by atoms with E-state index in [1.54, 1.807) is 0 Å². The molecule has 44 heavy (non-hydrogen) atoms. The zero-order chi connectivity index (χ0) is 32.9. The van der Waals surface area contributed by atoms with E-state index in [1.165, 1.54) is 12.6 Å². The summed E-state index contributed by atoms with van der Waals surface area (Å²) in [7, 11) is 1.36. The van der Waals surface area contributed by atoms with Crippen LogP contribution in [0.2, 0.25) is 0 Å². The number of hydrogen-bond donors (Lipinski definition) is 5. The maximum Gasteiger partial charge on any atom is 0.218 e. The minimum Gasteiger partial charge on any atom is -0.394 e. The second-order valence-corrected chi connectivity index (χ2v) is 15.4. The average Bonchev–Trinajstić information content (AvgIpc) is 2.94. The van der Waals surface area contributed by atoms with Crippen LogP contribution in [0, 0.1) is 0 Å². The van der Waals surface area contributed by atoms with Crippen LogP contribution in [-0.4, -0.2) is 115 Å². The van der Waals surface area contributed by atoms with Gasteiger partial charge in [0.1, 0.15) is 24.9 Å². The molecule has 4 rings (SSSR count). The molecule has 0 saturated carbocycles. The first-order valence-electron chi connectivity index (χ1n) is 15.0. The Bertz CT molecular complexity index is 1680. The molecule has 0 fully saturated rings. The summed E-state index contributed by atoms with van der Waals surface area (Å²) >= 11 is 0. The molecule has 0 spiro atoms. The van der Waals surface area contributed by atoms with E-state index in [0.29, 0.717) is 12.1 Å². The highest BCUT2D eigenvalue weighted by Gasteiger charge is 2.39. The standard InChI is InChI=1S/C33H48N3O7S/c1-9-36-27-15-26-21(12-20-10-11-23(34(6)7)14-25(20)33(26,4)5)13-24(27)22(16-32(36,2)3)19-44(42,43)35(8)17-28(38)30(40)31(41)29(39)18-37/h10-16,28-31,37-41H,9,17-19H2,1-8H3/q+1. The number of nitrogens with zero attached hydrogens (tertiary/aromatic N) is 3. The van der Waals surface area contributed by atoms with Gasteiger partial charge in [0, 0.05) is 58.7 Å². The van der Waals surface area contributed by atoms with Crippen LogP contribution in [0.3, 0.4) is 0 Å². The van der Waals surface area contributed by atoms with Crippen LogP contribution in [0.4, 0.5) is 5.69 Å². The van der Waals surface area contributed by atoms with Gasteiger partial charge in [-0.25, -0.2) is 17.3 Å². The molecule has 0 saturated heterocycles. The second-order valence-electron chi connectivity index (χ2n) is 13.3. The molecule has 4 unspecified atom stereocenters. The highest BCUT2D eigenvalue weighted by atomic mass is 32.2. The summed E-state index contributed by atoms with van der Waals surface area (Å²) in [6.45, 7) is 10.0. The van der Waals surface area contributed by atoms with Gasteiger partial charge >= 0.3 is 0 Å². The molecule has 0 amide bonds. The van der Waals surface area contributed by atoms with Crippen LogP contribution in [0.1, 0.15) is 56.9 Å². The number of likely N-dealkylation sites (N-methyl/N-ethyl adjacent to an activating group) is 2. The molecular formula is C33H48N3O7S+. The Hall–Kier alpha value is -2.64. The van der Waals surface area contributed by atoms with Crippen LogP contribution in [0.5, 0.6) is 0 Å². The zero-order valence-electron chi connectivity index (χ0n) is 27.0. The summed E-state index contributed by atoms with van der Waals surface area (Å²) in [5.41, 5.74) is 5.30. The van der Waals surface area contributed by atoms with E-state index in [-0.39, 0.29) is 11.2 Å². The second kappa shape index (κ2) is 12.3. The lowest BCUT2D eigenvalue weighted by Gasteiger charge is -2.34. The van der Waals surface area contributed by atoms with Crippen LogP contribution < -0.4 is 20.1 Å². The first kappa shape index (κ1) is 34.2. The van der Waals surface area contributed by atoms with E-state index < -0.39 is 53.1 Å². The van der Waals surface area contributed by atoms with Crippen molar-refractivity contribution < 1.29 is 34.0 Å². The molecule has 10 nitrogen and oxygen atoms in total. The number of aliphatic hydroxyl groups is 5. The van der Waals surface area contributed by atoms with Crippen molar-refractivity contribution in [2.75, 3.05) is 51.5 Å². The molecule has 2 aliphatic rings. The van der Waals surface area contributed by atoms with Crippen LogP contribution in [-0.2, 0) is 15.4 Å². The van der Waals surface area contributed by atoms with E-state index in [1.807, 2.05) is 20.2 Å². The van der Waals surface area contributed by atoms with Gasteiger partial charge in [0.15, 0.2) is 5.54 Å². The molecule has 0 radical (unpaired) electrons. The van der Waals surface area contributed by atoms with Crippen molar-refractivity contribution in [3.05, 3.63) is 69.2 Å². The van der Waals surface area contributed by atoms with Gasteiger partial charge in [0.05, 0.1) is 24.0 Å². The normalized spacial score (nSPS) is 19.6. The monoisotopic (exact) mass is 630 g/mol. The molecule has 1 heterocycles. The quantitative estimate of drug-likeness (QED) is 0.211. The highest BCUT2D eigenvalue weighted by molar-refractivity contribution is 7.89. The summed E-state index contributed by atoms with van der Waals surface area (Å²) in [4.78, 5) is 2.09. The third kappa shape index (κ3) is 6.24. The fourth-order valence-corrected chi connectivity index (χ4v) is 7.73. The lowest BCUT2D eigenvalue weighted by molar-refractivity contribution is -0.116. The number of rotatable bonds is 11. The molecule has 11 heteroatoms. The Morgan fingerprint density at radius 2 is 1.55 bits per heavy atom. The van der Waals surface area contributed by atoms with Gasteiger partial charge in [-0.1, -0.05) is 19.9 Å². The van der Waals surface area contributed by atoms with E-state index in [2.05, 4.69) is 80.5 Å². The maximum atomic E-state index is 13.6. The minimum atomic E-state index is -4.00. The minimum absolute atomic E-state index is 0.303. The number of benzene rings is 2. The highest BCUT2D eigenvalue weighted by Crippen LogP contribution is 2.37. The van der Waals surface area contributed by atoms with Gasteiger partial charge in [0.2, 0.25) is 15.4 Å². The van der Waals surface area contributed by atoms with Gasteiger partial charge in [-0.05, 0) is 64.8 Å². The van der Waals surface area contributed by atoms with E-state index >= 15 is 0 Å². The summed E-state index contributed by atoms with van der Waals surface area (Å²) < 4.78 is 30.5. The van der Waals surface area contributed by atoms with Gasteiger partial charge in [-0.3, -0.25) is 0 Å². The number of anilines is 1. The fourth-order valence-electron chi connectivity index (χ4n) is 6.49. The van der Waals surface area contributed by atoms with Crippen molar-refractivity contribution in [1.29, 1.82) is 0 Å². The van der Waals surface area contributed by atoms with Gasteiger partial charge in [-0.15, -0.1) is 0 Å². The molecule has 1 aliphatic heterocycles. The number of sulfonamides is 1. The van der Waals surface area contributed by atoms with E-state index in [0.717, 1.165) is 37.3 Å². The predicted octanol–water partition coefficient (Wildman–Crippen LogP) is -0.395. The van der Waals surface area contributed by atoms with Crippen molar-refractivity contribution in [2.45, 2.75) is 70.0 Å². The molecule has 4 atom stereocenters.